The van der Waals surface area contributed by atoms with Crippen LogP contribution in [-0.2, 0) is 24.7 Å². The van der Waals surface area contributed by atoms with E-state index in [0.29, 0.717) is 53.4 Å². The summed E-state index contributed by atoms with van der Waals surface area (Å²) in [6, 6.07) is 11.5. The van der Waals surface area contributed by atoms with E-state index in [1.54, 1.807) is 27.0 Å². The number of aliphatic carboxylic acids is 1. The van der Waals surface area contributed by atoms with Crippen molar-refractivity contribution in [2.24, 2.45) is 7.05 Å². The molecular formula is C39H43FN4O5. The Balaban J connectivity index is 0.000000778. The first-order valence-corrected chi connectivity index (χ1v) is 16.6. The molecule has 0 saturated heterocycles. The van der Waals surface area contributed by atoms with Gasteiger partial charge >= 0.3 is 5.97 Å². The second kappa shape index (κ2) is 13.2. The monoisotopic (exact) mass is 666 g/mol. The van der Waals surface area contributed by atoms with Crippen LogP contribution in [0.2, 0.25) is 0 Å². The molecule has 0 spiro atoms. The number of carbonyl (C=O) groups is 1. The molecule has 5 heterocycles. The molecule has 0 unspecified atom stereocenters. The number of rotatable bonds is 5. The van der Waals surface area contributed by atoms with E-state index in [9.17, 15) is 9.90 Å². The zero-order valence-corrected chi connectivity index (χ0v) is 29.1. The number of hydrogen-bond acceptors (Lipinski definition) is 7. The zero-order valence-electron chi connectivity index (χ0n) is 29.1. The van der Waals surface area contributed by atoms with Crippen LogP contribution in [0.15, 0.2) is 42.6 Å². The molecule has 256 valence electrons. The van der Waals surface area contributed by atoms with Gasteiger partial charge in [0.2, 0.25) is 0 Å². The lowest BCUT2D eigenvalue weighted by atomic mass is 9.87. The van der Waals surface area contributed by atoms with Gasteiger partial charge in [0.1, 0.15) is 18.0 Å². The molecule has 0 saturated carbocycles. The number of carboxylic acid groups (broad SMARTS) is 1. The van der Waals surface area contributed by atoms with Gasteiger partial charge in [-0.3, -0.25) is 9.78 Å². The van der Waals surface area contributed by atoms with Crippen LogP contribution in [0.25, 0.3) is 44.7 Å². The molecule has 0 radical (unpaired) electrons. The predicted molar refractivity (Wildman–Crippen MR) is 190 cm³/mol. The lowest BCUT2D eigenvalue weighted by molar-refractivity contribution is -0.136. The Kier molecular flexibility index (Phi) is 9.11. The average molecular weight is 667 g/mol. The number of aliphatic hydroxyl groups is 1. The van der Waals surface area contributed by atoms with Crippen molar-refractivity contribution in [3.8, 4) is 45.1 Å². The third kappa shape index (κ3) is 6.70. The summed E-state index contributed by atoms with van der Waals surface area (Å²) in [5.74, 6) is -0.254. The number of benzene rings is 2. The van der Waals surface area contributed by atoms with Crippen molar-refractivity contribution in [1.82, 2.24) is 14.5 Å². The van der Waals surface area contributed by atoms with Crippen LogP contribution in [0.5, 0.6) is 11.5 Å². The van der Waals surface area contributed by atoms with Gasteiger partial charge in [0.25, 0.3) is 0 Å². The highest BCUT2D eigenvalue weighted by Gasteiger charge is 2.27. The van der Waals surface area contributed by atoms with Crippen molar-refractivity contribution in [3.63, 3.8) is 0 Å². The molecule has 3 N–H and O–H groups in total. The van der Waals surface area contributed by atoms with E-state index < -0.39 is 17.4 Å². The van der Waals surface area contributed by atoms with Crippen molar-refractivity contribution in [2.45, 2.75) is 66.4 Å². The highest BCUT2D eigenvalue weighted by Crippen LogP contribution is 2.44. The SMILES string of the molecule is CC(C)(C)O.Cc1nc2c(cc(-c3ccnc(-c4ccc5c(c4C)NCCO5)c3)n2C)c(-c2cc(F)c3c(c2C)CCCO3)c1CC(=O)O. The first kappa shape index (κ1) is 33.9. The highest BCUT2D eigenvalue weighted by molar-refractivity contribution is 6.01. The summed E-state index contributed by atoms with van der Waals surface area (Å²) in [6.07, 6.45) is 3.08. The van der Waals surface area contributed by atoms with Gasteiger partial charge in [-0.15, -0.1) is 0 Å². The maximum Gasteiger partial charge on any atom is 0.307 e. The summed E-state index contributed by atoms with van der Waals surface area (Å²) in [4.78, 5) is 21.7. The molecule has 0 bridgehead atoms. The Morgan fingerprint density at radius 1 is 1.04 bits per heavy atom. The van der Waals surface area contributed by atoms with Crippen LogP contribution >= 0.6 is 0 Å². The Hall–Kier alpha value is -4.96. The Morgan fingerprint density at radius 3 is 2.53 bits per heavy atom. The average Bonchev–Trinajstić information content (AvgIpc) is 3.38. The highest BCUT2D eigenvalue weighted by atomic mass is 19.1. The molecule has 10 heteroatoms. The number of anilines is 1. The number of hydrogen-bond donors (Lipinski definition) is 3. The van der Waals surface area contributed by atoms with Crippen LogP contribution in [0.4, 0.5) is 10.1 Å². The lowest BCUT2D eigenvalue weighted by Gasteiger charge is -2.23. The van der Waals surface area contributed by atoms with E-state index in [2.05, 4.69) is 18.3 Å². The van der Waals surface area contributed by atoms with Crippen molar-refractivity contribution in [2.75, 3.05) is 25.1 Å². The first-order chi connectivity index (χ1) is 23.2. The number of aromatic nitrogens is 3. The normalized spacial score (nSPS) is 13.7. The topological polar surface area (TPSA) is 119 Å². The van der Waals surface area contributed by atoms with Gasteiger partial charge in [-0.2, -0.15) is 0 Å². The van der Waals surface area contributed by atoms with Crippen LogP contribution in [-0.4, -0.2) is 56.1 Å². The fraction of sp³-hybridized carbons (Fsp3) is 0.359. The van der Waals surface area contributed by atoms with Crippen molar-refractivity contribution in [1.29, 1.82) is 0 Å². The standard InChI is InChI=1S/C35H33FN4O4.C4H10O/c1-18-23-6-5-12-44-34(23)27(36)15-24(18)32-25(17-31(41)42)20(3)39-35-26(32)16-29(40(35)4)21-9-10-37-28(14-21)22-7-8-30-33(19(22)2)38-11-13-43-30;1-4(2,3)5/h7-10,14-16,38H,5-6,11-13,17H2,1-4H3,(H,41,42);5H,1-3H3. The zero-order chi connectivity index (χ0) is 35.2. The third-order valence-corrected chi connectivity index (χ3v) is 8.94. The minimum Gasteiger partial charge on any atom is -0.490 e. The third-order valence-electron chi connectivity index (χ3n) is 8.94. The smallest absolute Gasteiger partial charge is 0.307 e. The molecular weight excluding hydrogens is 623 g/mol. The second-order valence-electron chi connectivity index (χ2n) is 13.7. The number of aryl methyl sites for hydroxylation is 2. The van der Waals surface area contributed by atoms with Gasteiger partial charge in [-0.25, -0.2) is 9.37 Å². The Bertz CT molecular complexity index is 2090. The molecule has 5 aromatic rings. The van der Waals surface area contributed by atoms with E-state index in [0.717, 1.165) is 69.0 Å². The molecule has 49 heavy (non-hydrogen) atoms. The molecule has 2 aliphatic rings. The Labute approximate surface area is 285 Å². The maximum absolute atomic E-state index is 15.5. The molecule has 7 rings (SSSR count). The number of pyridine rings is 2. The van der Waals surface area contributed by atoms with E-state index in [1.807, 2.05) is 49.7 Å². The fourth-order valence-electron chi connectivity index (χ4n) is 6.73. The van der Waals surface area contributed by atoms with E-state index in [1.165, 1.54) is 6.07 Å². The number of halogens is 1. The summed E-state index contributed by atoms with van der Waals surface area (Å²) in [5, 5.41) is 22.6. The summed E-state index contributed by atoms with van der Waals surface area (Å²) in [6.45, 7) is 12.9. The lowest BCUT2D eigenvalue weighted by Crippen LogP contribution is -2.19. The second-order valence-corrected chi connectivity index (χ2v) is 13.7. The van der Waals surface area contributed by atoms with E-state index >= 15 is 4.39 Å². The van der Waals surface area contributed by atoms with Crippen molar-refractivity contribution >= 4 is 22.7 Å². The summed E-state index contributed by atoms with van der Waals surface area (Å²) < 4.78 is 29.0. The minimum atomic E-state index is -0.967. The van der Waals surface area contributed by atoms with Crippen molar-refractivity contribution < 1.29 is 28.9 Å². The van der Waals surface area contributed by atoms with Gasteiger partial charge in [-0.05, 0) is 119 Å². The van der Waals surface area contributed by atoms with Gasteiger partial charge in [0.05, 0.1) is 35.7 Å². The Morgan fingerprint density at radius 2 is 1.80 bits per heavy atom. The van der Waals surface area contributed by atoms with Gasteiger partial charge in [0, 0.05) is 47.6 Å². The van der Waals surface area contributed by atoms with Crippen LogP contribution in [0.1, 0.15) is 55.1 Å². The van der Waals surface area contributed by atoms with E-state index in [4.69, 9.17) is 24.5 Å². The van der Waals surface area contributed by atoms with Crippen molar-refractivity contribution in [3.05, 3.63) is 76.4 Å². The van der Waals surface area contributed by atoms with Gasteiger partial charge < -0.3 is 29.6 Å². The minimum absolute atomic E-state index is 0.224. The van der Waals surface area contributed by atoms with Crippen LogP contribution < -0.4 is 14.8 Å². The number of ether oxygens (including phenoxy) is 2. The molecule has 0 aliphatic carbocycles. The molecule has 3 aromatic heterocycles. The van der Waals surface area contributed by atoms with Crippen LogP contribution in [0.3, 0.4) is 0 Å². The molecule has 0 amide bonds. The van der Waals surface area contributed by atoms with Gasteiger partial charge in [-0.1, -0.05) is 0 Å². The van der Waals surface area contributed by atoms with E-state index in [-0.39, 0.29) is 6.42 Å². The first-order valence-electron chi connectivity index (χ1n) is 16.6. The molecule has 0 atom stereocenters. The number of fused-ring (bicyclic) bond motifs is 3. The molecule has 2 aliphatic heterocycles. The summed E-state index contributed by atoms with van der Waals surface area (Å²) in [5.41, 5.74) is 10.2. The predicted octanol–water partition coefficient (Wildman–Crippen LogP) is 7.57. The molecule has 9 nitrogen and oxygen atoms in total. The summed E-state index contributed by atoms with van der Waals surface area (Å²) in [7, 11) is 1.95. The maximum atomic E-state index is 15.5. The molecule has 0 fully saturated rings. The summed E-state index contributed by atoms with van der Waals surface area (Å²) >= 11 is 0. The fourth-order valence-corrected chi connectivity index (χ4v) is 6.73. The number of nitrogens with zero attached hydrogens (tertiary/aromatic N) is 3. The largest absolute Gasteiger partial charge is 0.490 e. The molecule has 2 aromatic carbocycles. The number of nitrogens with one attached hydrogen (secondary N) is 1. The van der Waals surface area contributed by atoms with Gasteiger partial charge in [0.15, 0.2) is 11.6 Å². The van der Waals surface area contributed by atoms with Crippen LogP contribution in [0, 0.1) is 26.6 Å². The quantitative estimate of drug-likeness (QED) is 0.176. The number of carboxylic acids is 1.